The molecule has 0 radical (unpaired) electrons. The second-order valence-electron chi connectivity index (χ2n) is 2.41. The zero-order valence-electron chi connectivity index (χ0n) is 5.99. The summed E-state index contributed by atoms with van der Waals surface area (Å²) in [5.74, 6) is 0.356. The number of nitrogens with two attached hydrogens (primary N) is 1. The van der Waals surface area contributed by atoms with Crippen LogP contribution in [0.2, 0.25) is 0 Å². The number of hydrogen-bond acceptors (Lipinski definition) is 2. The van der Waals surface area contributed by atoms with Crippen LogP contribution in [0.25, 0.3) is 0 Å². The molecule has 1 heterocycles. The number of hydrogen-bond donors (Lipinski definition) is 1. The smallest absolute Gasteiger partial charge is 0.275 e. The maximum absolute atomic E-state index is 11.4. The van der Waals surface area contributed by atoms with Crippen molar-refractivity contribution in [3.05, 3.63) is 0 Å². The van der Waals surface area contributed by atoms with Gasteiger partial charge in [0.2, 0.25) is 5.52 Å². The molecule has 1 saturated heterocycles. The van der Waals surface area contributed by atoms with Crippen LogP contribution in [0.4, 0.5) is 0 Å². The maximum atomic E-state index is 11.4. The van der Waals surface area contributed by atoms with Crippen molar-refractivity contribution in [1.82, 2.24) is 4.67 Å². The first kappa shape index (κ1) is 9.20. The van der Waals surface area contributed by atoms with Gasteiger partial charge in [0.05, 0.1) is 0 Å². The molecular weight excluding hydrogens is 186 g/mol. The van der Waals surface area contributed by atoms with E-state index in [0.717, 1.165) is 0 Å². The van der Waals surface area contributed by atoms with E-state index in [4.69, 9.17) is 17.1 Å². The quantitative estimate of drug-likeness (QED) is 0.519. The zero-order chi connectivity index (χ0) is 8.48. The Kier molecular flexibility index (Phi) is 2.70. The van der Waals surface area contributed by atoms with Gasteiger partial charge in [0, 0.05) is 25.4 Å². The van der Waals surface area contributed by atoms with Gasteiger partial charge in [-0.05, 0) is 0 Å². The molecule has 1 atom stereocenters. The van der Waals surface area contributed by atoms with Crippen LogP contribution < -0.4 is 5.50 Å². The van der Waals surface area contributed by atoms with Crippen molar-refractivity contribution in [2.24, 2.45) is 5.50 Å². The summed E-state index contributed by atoms with van der Waals surface area (Å²) < 4.78 is 12.8. The molecule has 1 aliphatic rings. The van der Waals surface area contributed by atoms with E-state index < -0.39 is 7.44 Å². The van der Waals surface area contributed by atoms with Crippen LogP contribution in [0.3, 0.4) is 0 Å². The van der Waals surface area contributed by atoms with Gasteiger partial charge in [-0.3, -0.25) is 14.9 Å². The summed E-state index contributed by atoms with van der Waals surface area (Å²) in [6.45, 7) is 0.917. The van der Waals surface area contributed by atoms with Crippen LogP contribution in [0.1, 0.15) is 6.42 Å². The Morgan fingerprint density at radius 1 is 1.73 bits per heavy atom. The average Bonchev–Trinajstić information content (AvgIpc) is 2.16. The highest BCUT2D eigenvalue weighted by molar-refractivity contribution is 7.76. The highest BCUT2D eigenvalue weighted by Gasteiger charge is 2.39. The molecule has 64 valence electrons. The van der Waals surface area contributed by atoms with Gasteiger partial charge in [-0.15, -0.1) is 11.6 Å². The molecule has 6 heteroatoms. The summed E-state index contributed by atoms with van der Waals surface area (Å²) in [5, 5.41) is 0. The normalized spacial score (nSPS) is 33.1. The van der Waals surface area contributed by atoms with Crippen molar-refractivity contribution in [2.45, 2.75) is 6.42 Å². The standard InChI is InChI=1S/C5H10ClN2O2P/c6-2-4-8-3-1-5(9)11(8,7)10/h1-4H2,(H2,7,10). The van der Waals surface area contributed by atoms with E-state index in [0.29, 0.717) is 25.4 Å². The molecular formula is C5H10ClN2O2P. The molecule has 0 amide bonds. The number of carbonyl (C=O) groups excluding carboxylic acids is 1. The van der Waals surface area contributed by atoms with E-state index in [1.54, 1.807) is 0 Å². The number of halogens is 1. The van der Waals surface area contributed by atoms with E-state index in [1.807, 2.05) is 0 Å². The van der Waals surface area contributed by atoms with E-state index in [-0.39, 0.29) is 5.52 Å². The van der Waals surface area contributed by atoms with E-state index in [1.165, 1.54) is 4.67 Å². The SMILES string of the molecule is NP1(=O)C(=O)CCN1CCCl. The van der Waals surface area contributed by atoms with Gasteiger partial charge in [-0.1, -0.05) is 0 Å². The van der Waals surface area contributed by atoms with Crippen molar-refractivity contribution in [3.63, 3.8) is 0 Å². The Morgan fingerprint density at radius 3 is 2.73 bits per heavy atom. The first-order valence-corrected chi connectivity index (χ1v) is 5.59. The topological polar surface area (TPSA) is 63.4 Å². The zero-order valence-corrected chi connectivity index (χ0v) is 7.65. The summed E-state index contributed by atoms with van der Waals surface area (Å²) >= 11 is 5.43. The van der Waals surface area contributed by atoms with Crippen molar-refractivity contribution in [3.8, 4) is 0 Å². The molecule has 0 saturated carbocycles. The van der Waals surface area contributed by atoms with Gasteiger partial charge in [0.15, 0.2) is 0 Å². The highest BCUT2D eigenvalue weighted by atomic mass is 35.5. The lowest BCUT2D eigenvalue weighted by atomic mass is 10.5. The van der Waals surface area contributed by atoms with Crippen molar-refractivity contribution in [1.29, 1.82) is 0 Å². The number of carbonyl (C=O) groups is 1. The molecule has 1 rings (SSSR count). The molecule has 2 N–H and O–H groups in total. The van der Waals surface area contributed by atoms with Crippen molar-refractivity contribution in [2.75, 3.05) is 19.0 Å². The third-order valence-corrected chi connectivity index (χ3v) is 4.05. The van der Waals surface area contributed by atoms with E-state index in [2.05, 4.69) is 0 Å². The highest BCUT2D eigenvalue weighted by Crippen LogP contribution is 2.47. The molecule has 1 fully saturated rings. The first-order chi connectivity index (χ1) is 5.09. The largest absolute Gasteiger partial charge is 0.288 e. The van der Waals surface area contributed by atoms with Crippen LogP contribution in [0.15, 0.2) is 0 Å². The Hall–Kier alpha value is 0.110. The van der Waals surface area contributed by atoms with Gasteiger partial charge in [-0.25, -0.2) is 4.67 Å². The molecule has 4 nitrogen and oxygen atoms in total. The lowest BCUT2D eigenvalue weighted by Gasteiger charge is -2.17. The average molecular weight is 197 g/mol. The molecule has 1 unspecified atom stereocenters. The number of rotatable bonds is 2. The third-order valence-electron chi connectivity index (χ3n) is 1.70. The predicted octanol–water partition coefficient (Wildman–Crippen LogP) is 0.609. The summed E-state index contributed by atoms with van der Waals surface area (Å²) in [4.78, 5) is 10.9. The fraction of sp³-hybridized carbons (Fsp3) is 0.800. The van der Waals surface area contributed by atoms with Gasteiger partial charge in [0.25, 0.3) is 7.44 Å². The second-order valence-corrected chi connectivity index (χ2v) is 5.10. The Labute approximate surface area is 70.2 Å². The van der Waals surface area contributed by atoms with E-state index >= 15 is 0 Å². The summed E-state index contributed by atoms with van der Waals surface area (Å²) in [7, 11) is -3.15. The van der Waals surface area contributed by atoms with Crippen LogP contribution in [-0.2, 0) is 9.36 Å². The molecule has 11 heavy (non-hydrogen) atoms. The molecule has 0 aromatic rings. The maximum Gasteiger partial charge on any atom is 0.275 e. The monoisotopic (exact) mass is 196 g/mol. The third kappa shape index (κ3) is 1.64. The lowest BCUT2D eigenvalue weighted by Crippen LogP contribution is -2.22. The Balaban J connectivity index is 2.71. The Bertz CT molecular complexity index is 221. The lowest BCUT2D eigenvalue weighted by molar-refractivity contribution is -0.111. The molecule has 0 aromatic carbocycles. The minimum Gasteiger partial charge on any atom is -0.288 e. The van der Waals surface area contributed by atoms with Crippen LogP contribution >= 0.6 is 19.0 Å². The first-order valence-electron chi connectivity index (χ1n) is 3.32. The summed E-state index contributed by atoms with van der Waals surface area (Å²) in [6, 6.07) is 0. The van der Waals surface area contributed by atoms with Crippen LogP contribution in [0.5, 0.6) is 0 Å². The van der Waals surface area contributed by atoms with Gasteiger partial charge in [0.1, 0.15) is 0 Å². The van der Waals surface area contributed by atoms with Gasteiger partial charge >= 0.3 is 0 Å². The van der Waals surface area contributed by atoms with Gasteiger partial charge < -0.3 is 0 Å². The van der Waals surface area contributed by atoms with Crippen LogP contribution in [0, 0.1) is 0 Å². The van der Waals surface area contributed by atoms with Crippen molar-refractivity contribution < 1.29 is 9.36 Å². The molecule has 0 spiro atoms. The van der Waals surface area contributed by atoms with Crippen molar-refractivity contribution >= 4 is 24.6 Å². The van der Waals surface area contributed by atoms with E-state index in [9.17, 15) is 9.36 Å². The van der Waals surface area contributed by atoms with Crippen LogP contribution in [-0.4, -0.2) is 29.2 Å². The molecule has 0 bridgehead atoms. The summed E-state index contributed by atoms with van der Waals surface area (Å²) in [5.41, 5.74) is 4.99. The Morgan fingerprint density at radius 2 is 2.36 bits per heavy atom. The summed E-state index contributed by atoms with van der Waals surface area (Å²) in [6.07, 6.45) is 0.296. The molecule has 1 aliphatic heterocycles. The minimum absolute atomic E-state index is 0.296. The minimum atomic E-state index is -3.15. The second kappa shape index (κ2) is 3.23. The fourth-order valence-electron chi connectivity index (χ4n) is 1.05. The molecule has 0 aliphatic carbocycles. The van der Waals surface area contributed by atoms with Gasteiger partial charge in [-0.2, -0.15) is 0 Å². The number of nitrogens with zero attached hydrogens (tertiary/aromatic N) is 1. The molecule has 0 aromatic heterocycles. The number of alkyl halides is 1. The predicted molar refractivity (Wildman–Crippen MR) is 43.7 cm³/mol. The fourth-order valence-corrected chi connectivity index (χ4v) is 2.90.